The van der Waals surface area contributed by atoms with E-state index in [0.717, 1.165) is 25.7 Å². The largest absolute Gasteiger partial charge is 0.496 e. The Morgan fingerprint density at radius 3 is 2.35 bits per heavy atom. The van der Waals surface area contributed by atoms with Gasteiger partial charge < -0.3 is 9.47 Å². The summed E-state index contributed by atoms with van der Waals surface area (Å²) in [6.07, 6.45) is 6.77. The first-order valence-electron chi connectivity index (χ1n) is 8.27. The summed E-state index contributed by atoms with van der Waals surface area (Å²) in [6.45, 7) is 0. The molecule has 23 heavy (non-hydrogen) atoms. The second-order valence-corrected chi connectivity index (χ2v) is 6.75. The van der Waals surface area contributed by atoms with Crippen molar-refractivity contribution in [1.29, 1.82) is 0 Å². The van der Waals surface area contributed by atoms with Crippen molar-refractivity contribution in [3.05, 3.63) is 23.8 Å². The van der Waals surface area contributed by atoms with Gasteiger partial charge in [-0.25, -0.2) is 0 Å². The summed E-state index contributed by atoms with van der Waals surface area (Å²) in [5.41, 5.74) is 0.550. The Balaban J connectivity index is 2.30. The van der Waals surface area contributed by atoms with Gasteiger partial charge in [-0.15, -0.1) is 0 Å². The third-order valence-electron chi connectivity index (χ3n) is 4.74. The molecular weight excluding hydrogens is 311 g/mol. The molecule has 1 aromatic rings. The van der Waals surface area contributed by atoms with E-state index in [1.807, 2.05) is 6.07 Å². The van der Waals surface area contributed by atoms with Gasteiger partial charge in [-0.1, -0.05) is 18.9 Å². The van der Waals surface area contributed by atoms with Crippen molar-refractivity contribution in [2.75, 3.05) is 20.4 Å². The Morgan fingerprint density at radius 2 is 1.83 bits per heavy atom. The van der Waals surface area contributed by atoms with Gasteiger partial charge in [0.1, 0.15) is 17.1 Å². The molecule has 5 heteroatoms. The molecule has 0 aliphatic heterocycles. The van der Waals surface area contributed by atoms with Crippen LogP contribution in [0.25, 0.3) is 0 Å². The van der Waals surface area contributed by atoms with E-state index in [-0.39, 0.29) is 20.2 Å². The predicted octanol–water partition coefficient (Wildman–Crippen LogP) is 4.76. The molecule has 4 nitrogen and oxygen atoms in total. The van der Waals surface area contributed by atoms with E-state index >= 15 is 0 Å². The van der Waals surface area contributed by atoms with Gasteiger partial charge in [-0.3, -0.25) is 9.36 Å². The minimum Gasteiger partial charge on any atom is -0.496 e. The average Bonchev–Trinajstić information content (AvgIpc) is 3.11. The van der Waals surface area contributed by atoms with E-state index in [2.05, 4.69) is 0 Å². The number of rotatable bonds is 9. The quantitative estimate of drug-likeness (QED) is 0.370. The highest BCUT2D eigenvalue weighted by atomic mass is 31.1. The fraction of sp³-hybridized carbons (Fsp3) is 0.611. The maximum absolute atomic E-state index is 13.2. The molecule has 0 amide bonds. The summed E-state index contributed by atoms with van der Waals surface area (Å²) in [4.78, 5) is 13.2. The fourth-order valence-corrected chi connectivity index (χ4v) is 3.91. The summed E-state index contributed by atoms with van der Waals surface area (Å²) in [5, 5.41) is 0. The van der Waals surface area contributed by atoms with Crippen LogP contribution in [-0.4, -0.2) is 26.2 Å². The molecule has 126 valence electrons. The van der Waals surface area contributed by atoms with Crippen LogP contribution >= 0.6 is 8.46 Å². The number of hydrogen-bond acceptors (Lipinski definition) is 4. The maximum atomic E-state index is 13.2. The monoisotopic (exact) mass is 336 g/mol. The molecule has 0 bridgehead atoms. The van der Waals surface area contributed by atoms with E-state index < -0.39 is 0 Å². The zero-order chi connectivity index (χ0) is 16.7. The molecule has 1 unspecified atom stereocenters. The molecule has 1 aliphatic rings. The highest BCUT2D eigenvalue weighted by molar-refractivity contribution is 7.23. The number of methoxy groups -OCH3 is 2. The van der Waals surface area contributed by atoms with Crippen molar-refractivity contribution in [2.24, 2.45) is 11.8 Å². The first-order valence-corrected chi connectivity index (χ1v) is 9.27. The lowest BCUT2D eigenvalue weighted by molar-refractivity contribution is 0.0856. The predicted molar refractivity (Wildman–Crippen MR) is 91.0 cm³/mol. The van der Waals surface area contributed by atoms with Crippen molar-refractivity contribution < 1.29 is 18.8 Å². The summed E-state index contributed by atoms with van der Waals surface area (Å²) in [7, 11) is 3.31. The van der Waals surface area contributed by atoms with Gasteiger partial charge in [0, 0.05) is 12.1 Å². The topological polar surface area (TPSA) is 52.6 Å². The van der Waals surface area contributed by atoms with Crippen LogP contribution in [0.3, 0.4) is 0 Å². The van der Waals surface area contributed by atoms with Gasteiger partial charge in [0.05, 0.1) is 14.2 Å². The van der Waals surface area contributed by atoms with Crippen molar-refractivity contribution >= 4 is 14.2 Å². The third kappa shape index (κ3) is 4.32. The molecule has 2 rings (SSSR count). The maximum Gasteiger partial charge on any atom is 0.173 e. The molecular formula is C18H25O4P. The summed E-state index contributed by atoms with van der Waals surface area (Å²) < 4.78 is 21.5. The van der Waals surface area contributed by atoms with Gasteiger partial charge in [-0.2, -0.15) is 0 Å². The van der Waals surface area contributed by atoms with Crippen LogP contribution in [0.5, 0.6) is 11.5 Å². The van der Waals surface area contributed by atoms with E-state index in [1.54, 1.807) is 26.4 Å². The normalized spacial score (nSPS) is 16.4. The SMILES string of the molecule is COc1cccc(OC)c1C(=O)C(CCCP=O)C1CCCC1. The van der Waals surface area contributed by atoms with E-state index in [4.69, 9.17) is 9.47 Å². The first kappa shape index (κ1) is 17.9. The molecule has 1 fully saturated rings. The second-order valence-electron chi connectivity index (χ2n) is 6.05. The molecule has 1 atom stereocenters. The Kier molecular flexibility index (Phi) is 7.04. The molecule has 0 spiro atoms. The minimum atomic E-state index is -0.0375. The van der Waals surface area contributed by atoms with Crippen molar-refractivity contribution in [1.82, 2.24) is 0 Å². The molecule has 0 saturated heterocycles. The number of hydrogen-bond donors (Lipinski definition) is 0. The van der Waals surface area contributed by atoms with Crippen molar-refractivity contribution in [3.63, 3.8) is 0 Å². The second kappa shape index (κ2) is 9.02. The van der Waals surface area contributed by atoms with Gasteiger partial charge in [0.15, 0.2) is 14.2 Å². The first-order chi connectivity index (χ1) is 11.2. The highest BCUT2D eigenvalue weighted by Gasteiger charge is 2.33. The minimum absolute atomic E-state index is 0.0375. The smallest absolute Gasteiger partial charge is 0.173 e. The molecule has 0 N–H and O–H groups in total. The Labute approximate surface area is 139 Å². The van der Waals surface area contributed by atoms with Crippen LogP contribution in [-0.2, 0) is 4.57 Å². The summed E-state index contributed by atoms with van der Waals surface area (Å²) >= 11 is 0. The van der Waals surface area contributed by atoms with Gasteiger partial charge >= 0.3 is 0 Å². The van der Waals surface area contributed by atoms with E-state index in [1.165, 1.54) is 12.8 Å². The Hall–Kier alpha value is -1.41. The lowest BCUT2D eigenvalue weighted by atomic mass is 9.81. The van der Waals surface area contributed by atoms with Crippen LogP contribution in [0.2, 0.25) is 0 Å². The molecule has 0 heterocycles. The van der Waals surface area contributed by atoms with Crippen molar-refractivity contribution in [2.45, 2.75) is 38.5 Å². The highest BCUT2D eigenvalue weighted by Crippen LogP contribution is 2.39. The molecule has 0 aromatic heterocycles. The van der Waals surface area contributed by atoms with Crippen LogP contribution < -0.4 is 9.47 Å². The molecule has 1 aromatic carbocycles. The number of carbonyl (C=O) groups is 1. The number of Topliss-reactive ketones (excluding diaryl/α,β-unsaturated/α-hetero) is 1. The molecule has 1 saturated carbocycles. The summed E-state index contributed by atoms with van der Waals surface area (Å²) in [6, 6.07) is 5.44. The van der Waals surface area contributed by atoms with Crippen LogP contribution in [0.1, 0.15) is 48.9 Å². The van der Waals surface area contributed by atoms with E-state index in [9.17, 15) is 9.36 Å². The third-order valence-corrected chi connectivity index (χ3v) is 5.24. The number of benzene rings is 1. The number of carbonyl (C=O) groups excluding carboxylic acids is 1. The standard InChI is InChI=1S/C18H25O4P/c1-21-15-10-5-11-16(22-2)17(15)18(19)14(9-6-12-23-20)13-7-3-4-8-13/h5,10-11,13-14H,3-4,6-9,12H2,1-2H3. The van der Waals surface area contributed by atoms with Crippen LogP contribution in [0, 0.1) is 11.8 Å². The number of ether oxygens (including phenoxy) is 2. The molecule has 1 aliphatic carbocycles. The van der Waals surface area contributed by atoms with E-state index in [0.29, 0.717) is 29.1 Å². The van der Waals surface area contributed by atoms with Gasteiger partial charge in [-0.05, 0) is 43.7 Å². The Morgan fingerprint density at radius 1 is 1.22 bits per heavy atom. The van der Waals surface area contributed by atoms with Crippen LogP contribution in [0.4, 0.5) is 0 Å². The average molecular weight is 336 g/mol. The Bertz CT molecular complexity index is 516. The lowest BCUT2D eigenvalue weighted by Crippen LogP contribution is -2.23. The number of ketones is 1. The van der Waals surface area contributed by atoms with Crippen LogP contribution in [0.15, 0.2) is 18.2 Å². The van der Waals surface area contributed by atoms with Crippen molar-refractivity contribution in [3.8, 4) is 11.5 Å². The zero-order valence-electron chi connectivity index (χ0n) is 13.9. The zero-order valence-corrected chi connectivity index (χ0v) is 14.8. The fourth-order valence-electron chi connectivity index (χ4n) is 3.60. The molecule has 0 radical (unpaired) electrons. The van der Waals surface area contributed by atoms with Gasteiger partial charge in [0.2, 0.25) is 0 Å². The summed E-state index contributed by atoms with van der Waals surface area (Å²) in [5.74, 6) is 1.62. The van der Waals surface area contributed by atoms with Gasteiger partial charge in [0.25, 0.3) is 0 Å². The lowest BCUT2D eigenvalue weighted by Gasteiger charge is -2.24.